The summed E-state index contributed by atoms with van der Waals surface area (Å²) < 4.78 is 22.8. The second-order valence-corrected chi connectivity index (χ2v) is 24.3. The number of rotatable bonds is 56. The van der Waals surface area contributed by atoms with E-state index in [1.807, 2.05) is 6.08 Å². The fraction of sp³-hybridized carbons (Fsp3) is 0.743. The Morgan fingerprint density at radius 1 is 0.420 bits per heavy atom. The van der Waals surface area contributed by atoms with Gasteiger partial charge >= 0.3 is 0 Å². The van der Waals surface area contributed by atoms with Crippen LogP contribution in [0.1, 0.15) is 258 Å². The Labute approximate surface area is 534 Å². The molecule has 0 saturated carbocycles. The molecule has 2 fully saturated rings. The van der Waals surface area contributed by atoms with Crippen LogP contribution in [0.5, 0.6) is 0 Å². The first-order chi connectivity index (χ1) is 43.1. The van der Waals surface area contributed by atoms with Crippen molar-refractivity contribution < 1.29 is 64.6 Å². The third-order valence-corrected chi connectivity index (χ3v) is 16.4. The highest BCUT2D eigenvalue weighted by Crippen LogP contribution is 2.30. The molecule has 0 aromatic heterocycles. The van der Waals surface area contributed by atoms with Gasteiger partial charge in [0.25, 0.3) is 0 Å². The largest absolute Gasteiger partial charge is 0.394 e. The quantitative estimate of drug-likeness (QED) is 0.0204. The van der Waals surface area contributed by atoms with Crippen LogP contribution in [0, 0.1) is 0 Å². The molecule has 0 aromatic carbocycles. The fourth-order valence-corrected chi connectivity index (χ4v) is 10.9. The third kappa shape index (κ3) is 41.2. The molecule has 0 radical (unpaired) electrons. The molecule has 506 valence electrons. The van der Waals surface area contributed by atoms with E-state index in [-0.39, 0.29) is 18.9 Å². The summed E-state index contributed by atoms with van der Waals surface area (Å²) in [5.74, 6) is -0.298. The monoisotopic (exact) mass is 1240 g/mol. The van der Waals surface area contributed by atoms with E-state index in [2.05, 4.69) is 116 Å². The Hall–Kier alpha value is -3.35. The van der Waals surface area contributed by atoms with Crippen LogP contribution in [-0.4, -0.2) is 140 Å². The van der Waals surface area contributed by atoms with E-state index in [1.54, 1.807) is 6.08 Å². The number of allylic oxidation sites excluding steroid dienone is 17. The van der Waals surface area contributed by atoms with E-state index in [0.29, 0.717) is 12.8 Å². The molecule has 9 N–H and O–H groups in total. The number of carbonyl (C=O) groups is 1. The van der Waals surface area contributed by atoms with Gasteiger partial charge in [-0.25, -0.2) is 0 Å². The van der Waals surface area contributed by atoms with Crippen LogP contribution in [0.4, 0.5) is 0 Å². The fourth-order valence-electron chi connectivity index (χ4n) is 10.9. The lowest BCUT2D eigenvalue weighted by Crippen LogP contribution is -2.65. The Bertz CT molecular complexity index is 1890. The molecule has 2 rings (SSSR count). The predicted molar refractivity (Wildman–Crippen MR) is 359 cm³/mol. The smallest absolute Gasteiger partial charge is 0.220 e. The lowest BCUT2D eigenvalue weighted by molar-refractivity contribution is -0.359. The Morgan fingerprint density at radius 2 is 0.795 bits per heavy atom. The zero-order valence-electron chi connectivity index (χ0n) is 54.9. The number of hydrogen-bond acceptors (Lipinski definition) is 13. The van der Waals surface area contributed by atoms with Gasteiger partial charge in [0.2, 0.25) is 5.91 Å². The Morgan fingerprint density at radius 3 is 1.25 bits per heavy atom. The van der Waals surface area contributed by atoms with Crippen LogP contribution >= 0.6 is 0 Å². The Kier molecular flexibility index (Phi) is 52.8. The second-order valence-electron chi connectivity index (χ2n) is 24.3. The third-order valence-electron chi connectivity index (χ3n) is 16.4. The minimum atomic E-state index is -1.80. The average Bonchev–Trinajstić information content (AvgIpc) is 2.01. The van der Waals surface area contributed by atoms with E-state index in [1.165, 1.54) is 148 Å². The van der Waals surface area contributed by atoms with Crippen molar-refractivity contribution in [2.24, 2.45) is 0 Å². The van der Waals surface area contributed by atoms with Crippen molar-refractivity contribution in [3.63, 3.8) is 0 Å². The van der Waals surface area contributed by atoms with Crippen molar-refractivity contribution in [2.45, 2.75) is 331 Å². The van der Waals surface area contributed by atoms with Gasteiger partial charge in [-0.05, 0) is 96.3 Å². The molecule has 88 heavy (non-hydrogen) atoms. The summed E-state index contributed by atoms with van der Waals surface area (Å²) in [6.45, 7) is 2.64. The van der Waals surface area contributed by atoms with Crippen LogP contribution in [-0.2, 0) is 23.7 Å². The minimum absolute atomic E-state index is 0.208. The molecule has 0 aromatic rings. The summed E-state index contributed by atoms with van der Waals surface area (Å²) in [5.41, 5.74) is 0. The maximum Gasteiger partial charge on any atom is 0.220 e. The van der Waals surface area contributed by atoms with Crippen molar-refractivity contribution in [3.8, 4) is 0 Å². The highest BCUT2D eigenvalue weighted by Gasteiger charge is 2.51. The van der Waals surface area contributed by atoms with Gasteiger partial charge in [0.1, 0.15) is 48.8 Å². The maximum absolute atomic E-state index is 13.3. The summed E-state index contributed by atoms with van der Waals surface area (Å²) in [6, 6.07) is -0.971. The summed E-state index contributed by atoms with van der Waals surface area (Å²) in [4.78, 5) is 13.3. The van der Waals surface area contributed by atoms with Crippen LogP contribution in [0.15, 0.2) is 109 Å². The number of nitrogens with one attached hydrogen (secondary N) is 1. The molecule has 1 amide bonds. The zero-order chi connectivity index (χ0) is 63.8. The van der Waals surface area contributed by atoms with Gasteiger partial charge < -0.3 is 65.1 Å². The maximum atomic E-state index is 13.3. The summed E-state index contributed by atoms with van der Waals surface area (Å²) in [7, 11) is 0. The first-order valence-corrected chi connectivity index (χ1v) is 35.1. The van der Waals surface area contributed by atoms with E-state index in [0.717, 1.165) is 77.0 Å². The van der Waals surface area contributed by atoms with E-state index in [9.17, 15) is 45.6 Å². The van der Waals surface area contributed by atoms with Crippen molar-refractivity contribution in [1.82, 2.24) is 5.32 Å². The van der Waals surface area contributed by atoms with Gasteiger partial charge in [-0.3, -0.25) is 4.79 Å². The molecule has 2 aliphatic rings. The van der Waals surface area contributed by atoms with E-state index < -0.39 is 86.8 Å². The number of aliphatic hydroxyl groups is 8. The molecular formula is C74H127NO13. The number of unbranched alkanes of at least 4 members (excludes halogenated alkanes) is 27. The SMILES string of the molecule is CC/C=C\C/C=C\C/C=C\C/C=C\C/C=C\C/C=C\CCCCC(=O)NC(COC1OC(CO)C(OC2OC(CO)C(O)C(O)C2O)C(O)C1O)C(O)/C=C/CC/C=C/CC/C=C/CCCCCCCCCCCCCCCCCCCCCCCCC. The summed E-state index contributed by atoms with van der Waals surface area (Å²) in [6.07, 6.45) is 65.9. The van der Waals surface area contributed by atoms with Gasteiger partial charge in [-0.15, -0.1) is 0 Å². The summed E-state index contributed by atoms with van der Waals surface area (Å²) >= 11 is 0. The van der Waals surface area contributed by atoms with Crippen LogP contribution < -0.4 is 5.32 Å². The minimum Gasteiger partial charge on any atom is -0.394 e. The first kappa shape index (κ1) is 80.7. The second kappa shape index (κ2) is 57.5. The van der Waals surface area contributed by atoms with Gasteiger partial charge in [-0.2, -0.15) is 0 Å². The lowest BCUT2D eigenvalue weighted by atomic mass is 9.97. The molecule has 14 heteroatoms. The molecule has 12 unspecified atom stereocenters. The number of amides is 1. The predicted octanol–water partition coefficient (Wildman–Crippen LogP) is 14.3. The van der Waals surface area contributed by atoms with Gasteiger partial charge in [0, 0.05) is 6.42 Å². The summed E-state index contributed by atoms with van der Waals surface area (Å²) in [5, 5.41) is 87.3. The molecule has 14 nitrogen and oxygen atoms in total. The van der Waals surface area contributed by atoms with E-state index in [4.69, 9.17) is 18.9 Å². The molecule has 0 bridgehead atoms. The van der Waals surface area contributed by atoms with Gasteiger partial charge in [0.05, 0.1) is 32.0 Å². The first-order valence-electron chi connectivity index (χ1n) is 35.1. The van der Waals surface area contributed by atoms with Crippen molar-refractivity contribution >= 4 is 5.91 Å². The number of carbonyl (C=O) groups excluding carboxylic acids is 1. The molecule has 2 aliphatic heterocycles. The zero-order valence-corrected chi connectivity index (χ0v) is 54.9. The highest BCUT2D eigenvalue weighted by atomic mass is 16.7. The number of ether oxygens (including phenoxy) is 4. The molecule has 2 saturated heterocycles. The topological polar surface area (TPSA) is 228 Å². The van der Waals surface area contributed by atoms with Crippen molar-refractivity contribution in [2.75, 3.05) is 19.8 Å². The van der Waals surface area contributed by atoms with Crippen LogP contribution in [0.25, 0.3) is 0 Å². The number of aliphatic hydroxyl groups excluding tert-OH is 8. The number of hydrogen-bond donors (Lipinski definition) is 9. The van der Waals surface area contributed by atoms with Crippen molar-refractivity contribution in [3.05, 3.63) is 109 Å². The van der Waals surface area contributed by atoms with E-state index >= 15 is 0 Å². The van der Waals surface area contributed by atoms with Crippen molar-refractivity contribution in [1.29, 1.82) is 0 Å². The lowest BCUT2D eigenvalue weighted by Gasteiger charge is -2.46. The van der Waals surface area contributed by atoms with Gasteiger partial charge in [-0.1, -0.05) is 264 Å². The normalized spacial score (nSPS) is 23.8. The highest BCUT2D eigenvalue weighted by molar-refractivity contribution is 5.76. The average molecular weight is 1240 g/mol. The molecule has 0 aliphatic carbocycles. The van der Waals surface area contributed by atoms with Crippen LogP contribution in [0.2, 0.25) is 0 Å². The molecule has 0 spiro atoms. The Balaban J connectivity index is 1.71. The van der Waals surface area contributed by atoms with Gasteiger partial charge in [0.15, 0.2) is 12.6 Å². The van der Waals surface area contributed by atoms with Crippen LogP contribution in [0.3, 0.4) is 0 Å². The molecule has 12 atom stereocenters. The molecular weight excluding hydrogens is 1110 g/mol. The molecule has 2 heterocycles. The standard InChI is InChI=1S/C74H127NO13/c1-3-5-7-9-11-13-15-17-19-21-23-25-26-27-28-29-30-31-32-33-34-35-36-38-39-41-43-45-47-49-51-53-55-57-63(78)62(61-85-73-71(84)69(82)72(65(60-77)87-73)88-74-70(83)68(81)67(80)64(59-76)86-74)75-66(79)58-56-54-52-50-48-46-44-42-40-37-24-22-20-18-16-14-12-10-8-6-4-2/h6,8,12,14,18,20,24,37,39,41-42,44,47-50,55,57,62-65,67-74,76-78,80-84H,3-5,7,9-11,13,15-17,19,21-23,25-36,38,40,43,45-46,51-54,56,58-61H2,1-2H3,(H,75,79)/b8-6-,14-12-,20-18-,37-24-,41-39+,44-42-,49-47+,50-48-,57-55+.